The number of aliphatic imine (C=N–C) groups is 1. The molecule has 14 nitrogen and oxygen atoms in total. The molecule has 0 spiro atoms. The number of nitrogens with zero attached hydrogens (tertiary/aromatic N) is 7. The van der Waals surface area contributed by atoms with E-state index in [0.29, 0.717) is 25.9 Å². The molecule has 2 aliphatic heterocycles. The number of aryl methyl sites for hydroxylation is 1. The molecule has 1 amide bonds. The summed E-state index contributed by atoms with van der Waals surface area (Å²) in [6.07, 6.45) is 1.29. The average molecular weight is 632 g/mol. The number of non-ortho nitro benzene ring substituents is 1. The second-order valence-corrected chi connectivity index (χ2v) is 11.9. The van der Waals surface area contributed by atoms with Crippen LogP contribution < -0.4 is 0 Å². The van der Waals surface area contributed by atoms with Crippen molar-refractivity contribution < 1.29 is 28.6 Å². The number of β-lactam (4-membered cyclic amide) rings is 1. The molecule has 1 unspecified atom stereocenters. The first-order valence-electron chi connectivity index (χ1n) is 10.3. The Labute approximate surface area is 228 Å². The Morgan fingerprint density at radius 1 is 1.54 bits per heavy atom. The summed E-state index contributed by atoms with van der Waals surface area (Å²) >= 11 is 5.75. The van der Waals surface area contributed by atoms with Gasteiger partial charge in [0.2, 0.25) is 5.16 Å². The van der Waals surface area contributed by atoms with Crippen molar-refractivity contribution in [1.29, 1.82) is 0 Å². The first-order chi connectivity index (χ1) is 17.6. The van der Waals surface area contributed by atoms with Gasteiger partial charge in [-0.05, 0) is 38.0 Å². The molecule has 0 bridgehead atoms. The number of halogens is 1. The SMILES string of the molecule is CO[C@@]1(N=CCS(=O)c2ccc([N+](=O)[O-])cc2Br)C(=O)N2C(C(=O)O)=C(CSc3nnnn3C)CS[C@H]21. The van der Waals surface area contributed by atoms with E-state index in [2.05, 4.69) is 36.4 Å². The topological polar surface area (TPSA) is 183 Å². The zero-order valence-corrected chi connectivity index (χ0v) is 23.2. The maximum Gasteiger partial charge on any atom is 0.352 e. The van der Waals surface area contributed by atoms with Crippen LogP contribution in [0.4, 0.5) is 5.69 Å². The van der Waals surface area contributed by atoms with Crippen LogP contribution in [0.5, 0.6) is 0 Å². The van der Waals surface area contributed by atoms with Crippen LogP contribution in [0.15, 0.2) is 49.0 Å². The number of tetrazole rings is 1. The van der Waals surface area contributed by atoms with Crippen LogP contribution >= 0.6 is 39.5 Å². The second kappa shape index (κ2) is 11.0. The number of methoxy groups -OCH3 is 1. The number of nitro groups is 1. The molecule has 37 heavy (non-hydrogen) atoms. The van der Waals surface area contributed by atoms with Crippen molar-refractivity contribution in [2.75, 3.05) is 24.4 Å². The zero-order chi connectivity index (χ0) is 26.9. The predicted octanol–water partition coefficient (Wildman–Crippen LogP) is 1.45. The number of aromatic nitrogens is 4. The van der Waals surface area contributed by atoms with Crippen molar-refractivity contribution in [3.63, 3.8) is 0 Å². The highest BCUT2D eigenvalue weighted by Crippen LogP contribution is 2.49. The lowest BCUT2D eigenvalue weighted by Crippen LogP contribution is -2.73. The number of fused-ring (bicyclic) bond motifs is 1. The van der Waals surface area contributed by atoms with E-state index in [1.807, 2.05) is 0 Å². The number of aliphatic carboxylic acids is 1. The Morgan fingerprint density at radius 2 is 2.30 bits per heavy atom. The lowest BCUT2D eigenvalue weighted by atomic mass is 9.99. The lowest BCUT2D eigenvalue weighted by Gasteiger charge is -2.53. The number of benzene rings is 1. The van der Waals surface area contributed by atoms with E-state index in [0.717, 1.165) is 4.90 Å². The standard InChI is InChI=1S/C19H18BrN7O7S3/c1-25-18(22-23-24-25)36-9-10-8-35-17-19(34-2,16(30)26(17)14(10)15(28)29)21-5-6-37(33)13-4-3-11(27(31)32)7-12(13)20/h3-5,7,17H,6,8-9H2,1-2H3,(H,28,29)/t17-,19-,37?/m0/s1. The Morgan fingerprint density at radius 3 is 2.89 bits per heavy atom. The minimum Gasteiger partial charge on any atom is -0.477 e. The number of carboxylic acids is 1. The third-order valence-corrected chi connectivity index (χ3v) is 10.1. The molecule has 1 aromatic heterocycles. The number of nitro benzene ring substituents is 1. The van der Waals surface area contributed by atoms with Gasteiger partial charge in [0.25, 0.3) is 17.3 Å². The van der Waals surface area contributed by atoms with Gasteiger partial charge in [-0.2, -0.15) is 0 Å². The molecule has 0 radical (unpaired) electrons. The Kier molecular flexibility index (Phi) is 8.12. The first-order valence-corrected chi connectivity index (χ1v) is 14.4. The third-order valence-electron chi connectivity index (χ3n) is 5.44. The molecule has 3 atom stereocenters. The van der Waals surface area contributed by atoms with E-state index in [-0.39, 0.29) is 22.9 Å². The fourth-order valence-electron chi connectivity index (χ4n) is 3.66. The van der Waals surface area contributed by atoms with Crippen molar-refractivity contribution in [2.24, 2.45) is 12.0 Å². The minimum absolute atomic E-state index is 0.0958. The van der Waals surface area contributed by atoms with Crippen molar-refractivity contribution in [2.45, 2.75) is 21.2 Å². The molecule has 1 fully saturated rings. The van der Waals surface area contributed by atoms with Gasteiger partial charge >= 0.3 is 5.97 Å². The molecule has 1 saturated heterocycles. The van der Waals surface area contributed by atoms with E-state index in [1.54, 1.807) is 7.05 Å². The first kappa shape index (κ1) is 27.4. The number of carbonyl (C=O) groups excluding carboxylic acids is 1. The van der Waals surface area contributed by atoms with Gasteiger partial charge in [0.1, 0.15) is 11.1 Å². The molecular weight excluding hydrogens is 614 g/mol. The normalized spacial score (nSPS) is 22.2. The van der Waals surface area contributed by atoms with Gasteiger partial charge in [0, 0.05) is 48.5 Å². The van der Waals surface area contributed by atoms with E-state index in [1.165, 1.54) is 59.7 Å². The number of hydrogen-bond acceptors (Lipinski definition) is 12. The van der Waals surface area contributed by atoms with Crippen molar-refractivity contribution in [3.8, 4) is 0 Å². The Hall–Kier alpha value is -2.67. The largest absolute Gasteiger partial charge is 0.477 e. The maximum absolute atomic E-state index is 13.2. The van der Waals surface area contributed by atoms with Crippen LogP contribution in [-0.2, 0) is 32.2 Å². The van der Waals surface area contributed by atoms with E-state index in [4.69, 9.17) is 4.74 Å². The van der Waals surface area contributed by atoms with Crippen molar-refractivity contribution in [3.05, 3.63) is 44.1 Å². The van der Waals surface area contributed by atoms with Crippen LogP contribution in [0.3, 0.4) is 0 Å². The number of carbonyl (C=O) groups is 2. The van der Waals surface area contributed by atoms with Gasteiger partial charge in [0.05, 0.1) is 26.4 Å². The molecule has 1 N–H and O–H groups in total. The summed E-state index contributed by atoms with van der Waals surface area (Å²) in [5.41, 5.74) is -1.40. The van der Waals surface area contributed by atoms with Gasteiger partial charge in [-0.25, -0.2) is 9.48 Å². The summed E-state index contributed by atoms with van der Waals surface area (Å²) in [5.74, 6) is -1.40. The second-order valence-electron chi connectivity index (χ2n) is 7.57. The van der Waals surface area contributed by atoms with Crippen LogP contribution in [0.2, 0.25) is 0 Å². The molecule has 3 heterocycles. The lowest BCUT2D eigenvalue weighted by molar-refractivity contribution is -0.385. The average Bonchev–Trinajstić information content (AvgIpc) is 3.28. The predicted molar refractivity (Wildman–Crippen MR) is 138 cm³/mol. The van der Waals surface area contributed by atoms with Crippen LogP contribution in [0.25, 0.3) is 0 Å². The number of ether oxygens (including phenoxy) is 1. The fourth-order valence-corrected chi connectivity index (χ4v) is 7.87. The van der Waals surface area contributed by atoms with Crippen molar-refractivity contribution in [1.82, 2.24) is 25.1 Å². The summed E-state index contributed by atoms with van der Waals surface area (Å²) in [5, 5.41) is 31.7. The van der Waals surface area contributed by atoms with Gasteiger partial charge in [0.15, 0.2) is 0 Å². The molecule has 2 aliphatic rings. The molecule has 0 aliphatic carbocycles. The summed E-state index contributed by atoms with van der Waals surface area (Å²) in [4.78, 5) is 41.4. The van der Waals surface area contributed by atoms with Gasteiger partial charge in [-0.1, -0.05) is 11.8 Å². The maximum atomic E-state index is 13.2. The van der Waals surface area contributed by atoms with E-state index < -0.39 is 38.7 Å². The number of amides is 1. The molecular formula is C19H18BrN7O7S3. The number of thioether (sulfide) groups is 2. The highest BCUT2D eigenvalue weighted by molar-refractivity contribution is 9.10. The fraction of sp³-hybridized carbons (Fsp3) is 0.368. The summed E-state index contributed by atoms with van der Waals surface area (Å²) in [6.45, 7) is 0. The van der Waals surface area contributed by atoms with Crippen LogP contribution in [0.1, 0.15) is 0 Å². The smallest absolute Gasteiger partial charge is 0.352 e. The number of rotatable bonds is 10. The molecule has 4 rings (SSSR count). The molecule has 2 aromatic rings. The summed E-state index contributed by atoms with van der Waals surface area (Å²) in [7, 11) is 1.34. The van der Waals surface area contributed by atoms with E-state index in [9.17, 15) is 29.0 Å². The zero-order valence-electron chi connectivity index (χ0n) is 19.1. The Bertz CT molecular complexity index is 1370. The quantitative estimate of drug-likeness (QED) is 0.131. The number of carboxylic acid groups (broad SMARTS) is 1. The van der Waals surface area contributed by atoms with Gasteiger partial charge in [-0.15, -0.1) is 16.9 Å². The molecule has 0 saturated carbocycles. The highest BCUT2D eigenvalue weighted by atomic mass is 79.9. The number of hydrogen-bond donors (Lipinski definition) is 1. The monoisotopic (exact) mass is 631 g/mol. The molecule has 18 heteroatoms. The van der Waals surface area contributed by atoms with Crippen LogP contribution in [-0.4, -0.2) is 92.9 Å². The third kappa shape index (κ3) is 5.07. The van der Waals surface area contributed by atoms with Gasteiger partial charge in [-0.3, -0.25) is 29.0 Å². The summed E-state index contributed by atoms with van der Waals surface area (Å²) in [6, 6.07) is 3.88. The summed E-state index contributed by atoms with van der Waals surface area (Å²) < 4.78 is 20.0. The van der Waals surface area contributed by atoms with Crippen molar-refractivity contribution >= 4 is 74.0 Å². The minimum atomic E-state index is -1.66. The molecule has 196 valence electrons. The van der Waals surface area contributed by atoms with Gasteiger partial charge < -0.3 is 9.84 Å². The van der Waals surface area contributed by atoms with Crippen LogP contribution in [0, 0.1) is 10.1 Å². The van der Waals surface area contributed by atoms with E-state index >= 15 is 0 Å². The highest BCUT2D eigenvalue weighted by Gasteiger charge is 2.66. The molecule has 1 aromatic carbocycles. The Balaban J connectivity index is 1.50.